The minimum absolute atomic E-state index is 0.0809. The molecule has 3 heterocycles. The molecule has 3 rings (SSSR count). The fraction of sp³-hybridized carbons (Fsp3) is 0.917. The molecule has 2 bridgehead atoms. The molecule has 0 amide bonds. The van der Waals surface area contributed by atoms with E-state index in [0.29, 0.717) is 6.54 Å². The van der Waals surface area contributed by atoms with Crippen molar-refractivity contribution in [2.75, 3.05) is 33.4 Å². The quantitative estimate of drug-likeness (QED) is 0.833. The van der Waals surface area contributed by atoms with Crippen molar-refractivity contribution in [3.05, 3.63) is 0 Å². The smallest absolute Gasteiger partial charge is 0.393 e. The maximum atomic E-state index is 13.1. The molecular formula is C12H18F3NO3. The fourth-order valence-electron chi connectivity index (χ4n) is 3.47. The summed E-state index contributed by atoms with van der Waals surface area (Å²) < 4.78 is 44.2. The zero-order valence-electron chi connectivity index (χ0n) is 11.0. The van der Waals surface area contributed by atoms with Gasteiger partial charge in [-0.05, 0) is 6.42 Å². The third-order valence-corrected chi connectivity index (χ3v) is 4.66. The Balaban J connectivity index is 2.42. The number of fused-ring (bicyclic) bond motifs is 3. The van der Waals surface area contributed by atoms with Gasteiger partial charge in [0, 0.05) is 25.6 Å². The first-order valence-electron chi connectivity index (χ1n) is 6.19. The summed E-state index contributed by atoms with van der Waals surface area (Å²) in [5, 5.41) is 9.54. The lowest BCUT2D eigenvalue weighted by molar-refractivity contribution is -0.249. The van der Waals surface area contributed by atoms with Gasteiger partial charge in [-0.2, -0.15) is 13.2 Å². The van der Waals surface area contributed by atoms with E-state index in [0.717, 1.165) is 0 Å². The number of Topliss-reactive ketones (excluding diaryl/α,β-unsaturated/α-hetero) is 1. The number of hydrogen-bond donors (Lipinski definition) is 1. The molecule has 110 valence electrons. The van der Waals surface area contributed by atoms with Crippen LogP contribution < -0.4 is 0 Å². The molecule has 3 saturated heterocycles. The van der Waals surface area contributed by atoms with Crippen LogP contribution >= 0.6 is 0 Å². The lowest BCUT2D eigenvalue weighted by atomic mass is 9.58. The van der Waals surface area contributed by atoms with Gasteiger partial charge in [-0.25, -0.2) is 0 Å². The van der Waals surface area contributed by atoms with Gasteiger partial charge in [-0.3, -0.25) is 9.69 Å². The molecule has 3 fully saturated rings. The molecular weight excluding hydrogens is 263 g/mol. The van der Waals surface area contributed by atoms with Gasteiger partial charge in [-0.1, -0.05) is 6.92 Å². The first kappa shape index (κ1) is 14.7. The van der Waals surface area contributed by atoms with Crippen LogP contribution in [0.4, 0.5) is 13.2 Å². The highest BCUT2D eigenvalue weighted by atomic mass is 19.4. The van der Waals surface area contributed by atoms with Crippen molar-refractivity contribution < 1.29 is 27.8 Å². The molecule has 7 heteroatoms. The fourth-order valence-corrected chi connectivity index (χ4v) is 3.47. The van der Waals surface area contributed by atoms with Crippen molar-refractivity contribution in [2.24, 2.45) is 11.3 Å². The van der Waals surface area contributed by atoms with Gasteiger partial charge in [0.25, 0.3) is 0 Å². The molecule has 0 spiro atoms. The van der Waals surface area contributed by atoms with E-state index >= 15 is 0 Å². The molecule has 1 unspecified atom stereocenters. The SMILES string of the molecule is COC[C@]1(CO)C(=O)[C@@]2(C)CCN1C[C@@H]2C(F)(F)F. The number of rotatable bonds is 3. The van der Waals surface area contributed by atoms with Crippen LogP contribution in [-0.4, -0.2) is 60.9 Å². The van der Waals surface area contributed by atoms with Crippen molar-refractivity contribution in [3.63, 3.8) is 0 Å². The third kappa shape index (κ3) is 1.90. The Hall–Kier alpha value is -0.660. The van der Waals surface area contributed by atoms with E-state index in [9.17, 15) is 23.1 Å². The number of nitrogens with zero attached hydrogens (tertiary/aromatic N) is 1. The number of carbonyl (C=O) groups is 1. The second kappa shape index (κ2) is 4.43. The van der Waals surface area contributed by atoms with Crippen molar-refractivity contribution in [1.82, 2.24) is 4.90 Å². The first-order valence-corrected chi connectivity index (χ1v) is 6.19. The largest absolute Gasteiger partial charge is 0.394 e. The summed E-state index contributed by atoms with van der Waals surface area (Å²) in [5.74, 6) is -2.22. The Morgan fingerprint density at radius 2 is 2.16 bits per heavy atom. The van der Waals surface area contributed by atoms with E-state index in [1.807, 2.05) is 0 Å². The van der Waals surface area contributed by atoms with E-state index in [1.54, 1.807) is 0 Å². The summed E-state index contributed by atoms with van der Waals surface area (Å²) in [4.78, 5) is 14.0. The molecule has 4 atom stereocenters. The Labute approximate surface area is 109 Å². The third-order valence-electron chi connectivity index (χ3n) is 4.66. The van der Waals surface area contributed by atoms with Crippen LogP contribution in [0, 0.1) is 11.3 Å². The number of piperidine rings is 3. The maximum Gasteiger partial charge on any atom is 0.393 e. The summed E-state index contributed by atoms with van der Waals surface area (Å²) in [7, 11) is 1.37. The zero-order valence-corrected chi connectivity index (χ0v) is 11.0. The van der Waals surface area contributed by atoms with Crippen LogP contribution in [0.3, 0.4) is 0 Å². The van der Waals surface area contributed by atoms with E-state index in [-0.39, 0.29) is 19.6 Å². The second-order valence-corrected chi connectivity index (χ2v) is 5.66. The van der Waals surface area contributed by atoms with Crippen LogP contribution in [0.5, 0.6) is 0 Å². The number of methoxy groups -OCH3 is 1. The molecule has 0 aromatic heterocycles. The molecule has 3 aliphatic rings. The van der Waals surface area contributed by atoms with E-state index < -0.39 is 35.4 Å². The second-order valence-electron chi connectivity index (χ2n) is 5.66. The highest BCUT2D eigenvalue weighted by Gasteiger charge is 2.67. The van der Waals surface area contributed by atoms with Crippen LogP contribution in [0.2, 0.25) is 0 Å². The minimum Gasteiger partial charge on any atom is -0.394 e. The average Bonchev–Trinajstić information content (AvgIpc) is 2.33. The summed E-state index contributed by atoms with van der Waals surface area (Å²) in [6.07, 6.45) is -4.24. The summed E-state index contributed by atoms with van der Waals surface area (Å²) >= 11 is 0. The Morgan fingerprint density at radius 1 is 1.53 bits per heavy atom. The average molecular weight is 281 g/mol. The maximum absolute atomic E-state index is 13.1. The van der Waals surface area contributed by atoms with Gasteiger partial charge in [-0.15, -0.1) is 0 Å². The highest BCUT2D eigenvalue weighted by Crippen LogP contribution is 2.53. The van der Waals surface area contributed by atoms with Gasteiger partial charge >= 0.3 is 6.18 Å². The Kier molecular flexibility index (Phi) is 3.43. The predicted molar refractivity (Wildman–Crippen MR) is 60.5 cm³/mol. The number of halogens is 3. The molecule has 3 aliphatic heterocycles. The first-order chi connectivity index (χ1) is 8.72. The van der Waals surface area contributed by atoms with Crippen molar-refractivity contribution in [3.8, 4) is 0 Å². The zero-order chi connectivity index (χ0) is 14.5. The topological polar surface area (TPSA) is 49.8 Å². The summed E-state index contributed by atoms with van der Waals surface area (Å²) in [6, 6.07) is 0. The predicted octanol–water partition coefficient (Wildman–Crippen LogP) is 0.837. The molecule has 4 nitrogen and oxygen atoms in total. The molecule has 19 heavy (non-hydrogen) atoms. The number of ketones is 1. The van der Waals surface area contributed by atoms with Gasteiger partial charge < -0.3 is 9.84 Å². The lowest BCUT2D eigenvalue weighted by Crippen LogP contribution is -2.76. The summed E-state index contributed by atoms with van der Waals surface area (Å²) in [6.45, 7) is 0.890. The monoisotopic (exact) mass is 281 g/mol. The number of carbonyl (C=O) groups excluding carboxylic acids is 1. The number of hydrogen-bond acceptors (Lipinski definition) is 4. The van der Waals surface area contributed by atoms with Gasteiger partial charge in [0.1, 0.15) is 5.54 Å². The van der Waals surface area contributed by atoms with Crippen molar-refractivity contribution >= 4 is 5.78 Å². The van der Waals surface area contributed by atoms with Crippen LogP contribution in [-0.2, 0) is 9.53 Å². The van der Waals surface area contributed by atoms with E-state index in [4.69, 9.17) is 4.74 Å². The summed E-state index contributed by atoms with van der Waals surface area (Å²) in [5.41, 5.74) is -2.78. The molecule has 0 saturated carbocycles. The number of ether oxygens (including phenoxy) is 1. The highest BCUT2D eigenvalue weighted by molar-refractivity contribution is 5.95. The van der Waals surface area contributed by atoms with Crippen molar-refractivity contribution in [1.29, 1.82) is 0 Å². The van der Waals surface area contributed by atoms with E-state index in [1.165, 1.54) is 18.9 Å². The number of aliphatic hydroxyl groups excluding tert-OH is 1. The lowest BCUT2D eigenvalue weighted by Gasteiger charge is -2.59. The van der Waals surface area contributed by atoms with Crippen LogP contribution in [0.1, 0.15) is 13.3 Å². The molecule has 0 aromatic rings. The van der Waals surface area contributed by atoms with Gasteiger partial charge in [0.05, 0.1) is 19.1 Å². The molecule has 0 aliphatic carbocycles. The van der Waals surface area contributed by atoms with Gasteiger partial charge in [0.15, 0.2) is 5.78 Å². The number of aliphatic hydroxyl groups is 1. The molecule has 0 radical (unpaired) electrons. The van der Waals surface area contributed by atoms with E-state index in [2.05, 4.69) is 0 Å². The molecule has 1 N–H and O–H groups in total. The molecule has 0 aromatic carbocycles. The normalized spacial score (nSPS) is 42.7. The van der Waals surface area contributed by atoms with Gasteiger partial charge in [0.2, 0.25) is 0 Å². The minimum atomic E-state index is -4.40. The van der Waals surface area contributed by atoms with Crippen LogP contribution in [0.15, 0.2) is 0 Å². The Morgan fingerprint density at radius 3 is 2.63 bits per heavy atom. The standard InChI is InChI=1S/C12H18F3NO3/c1-10-3-4-16(5-8(10)12(13,14)15)11(6-17,7-19-2)9(10)18/h8,17H,3-7H2,1-2H3/t8-,10-,11+/m0/s1. The number of alkyl halides is 3. The Bertz CT molecular complexity index is 387. The van der Waals surface area contributed by atoms with Crippen molar-refractivity contribution in [2.45, 2.75) is 25.1 Å². The van der Waals surface area contributed by atoms with Crippen LogP contribution in [0.25, 0.3) is 0 Å².